The van der Waals surface area contributed by atoms with Crippen molar-refractivity contribution in [2.45, 2.75) is 32.4 Å². The van der Waals surface area contributed by atoms with E-state index < -0.39 is 29.6 Å². The van der Waals surface area contributed by atoms with Gasteiger partial charge in [-0.3, -0.25) is 10.1 Å². The molecule has 0 aliphatic carbocycles. The van der Waals surface area contributed by atoms with Crippen LogP contribution in [0.1, 0.15) is 42.7 Å². The summed E-state index contributed by atoms with van der Waals surface area (Å²) in [6, 6.07) is 12.3. The average molecular weight is 463 g/mol. The Balaban J connectivity index is 2.16. The highest BCUT2D eigenvalue weighted by atomic mass is 79.9. The van der Waals surface area contributed by atoms with Gasteiger partial charge in [0.15, 0.2) is 6.04 Å². The van der Waals surface area contributed by atoms with Crippen molar-refractivity contribution in [2.24, 2.45) is 0 Å². The summed E-state index contributed by atoms with van der Waals surface area (Å²) in [6.45, 7) is 5.27. The first-order chi connectivity index (χ1) is 13.6. The van der Waals surface area contributed by atoms with Crippen LogP contribution in [0.3, 0.4) is 0 Å². The summed E-state index contributed by atoms with van der Waals surface area (Å²) in [5.74, 6) is -1.08. The van der Waals surface area contributed by atoms with Gasteiger partial charge in [-0.15, -0.1) is 0 Å². The lowest BCUT2D eigenvalue weighted by atomic mass is 10.1. The quantitative estimate of drug-likeness (QED) is 0.640. The van der Waals surface area contributed by atoms with Crippen LogP contribution in [-0.4, -0.2) is 30.7 Å². The molecule has 0 radical (unpaired) electrons. The van der Waals surface area contributed by atoms with Gasteiger partial charge in [0.1, 0.15) is 5.60 Å². The molecule has 29 heavy (non-hydrogen) atoms. The topological polar surface area (TPSA) is 93.7 Å². The van der Waals surface area contributed by atoms with E-state index in [2.05, 4.69) is 26.6 Å². The van der Waals surface area contributed by atoms with Gasteiger partial charge in [0.2, 0.25) is 0 Å². The maximum Gasteiger partial charge on any atom is 0.412 e. The van der Waals surface area contributed by atoms with Crippen LogP contribution in [0, 0.1) is 0 Å². The minimum atomic E-state index is -0.969. The Hall–Kier alpha value is -2.87. The molecule has 154 valence electrons. The third kappa shape index (κ3) is 6.90. The molecule has 1 unspecified atom stereocenters. The van der Waals surface area contributed by atoms with Crippen molar-refractivity contribution in [2.75, 3.05) is 12.4 Å². The monoisotopic (exact) mass is 462 g/mol. The number of hydrogen-bond donors (Lipinski definition) is 2. The number of nitrogens with one attached hydrogen (secondary N) is 2. The fourth-order valence-electron chi connectivity index (χ4n) is 2.43. The molecule has 2 N–H and O–H groups in total. The molecule has 0 heterocycles. The molecule has 0 saturated heterocycles. The Morgan fingerprint density at radius 2 is 1.69 bits per heavy atom. The molecule has 2 aromatic carbocycles. The second-order valence-electron chi connectivity index (χ2n) is 7.19. The second kappa shape index (κ2) is 9.56. The third-order valence-corrected chi connectivity index (χ3v) is 4.21. The summed E-state index contributed by atoms with van der Waals surface area (Å²) in [7, 11) is 1.26. The number of esters is 1. The SMILES string of the molecule is COC(=O)C(NC(=O)c1cccc(NC(=O)OC(C)(C)C)c1)c1ccc(Br)cc1. The third-order valence-electron chi connectivity index (χ3n) is 3.69. The first kappa shape index (κ1) is 22.4. The fourth-order valence-corrected chi connectivity index (χ4v) is 2.69. The first-order valence-electron chi connectivity index (χ1n) is 8.83. The molecule has 2 aromatic rings. The summed E-state index contributed by atoms with van der Waals surface area (Å²) in [6.07, 6.45) is -0.627. The van der Waals surface area contributed by atoms with Crippen LogP contribution in [0.2, 0.25) is 0 Å². The number of benzene rings is 2. The molecule has 0 saturated carbocycles. The van der Waals surface area contributed by atoms with Crippen molar-refractivity contribution >= 4 is 39.6 Å². The van der Waals surface area contributed by atoms with E-state index in [4.69, 9.17) is 9.47 Å². The smallest absolute Gasteiger partial charge is 0.412 e. The largest absolute Gasteiger partial charge is 0.467 e. The van der Waals surface area contributed by atoms with Crippen molar-refractivity contribution in [3.8, 4) is 0 Å². The predicted molar refractivity (Wildman–Crippen MR) is 113 cm³/mol. The number of hydrogen-bond acceptors (Lipinski definition) is 5. The number of carbonyl (C=O) groups excluding carboxylic acids is 3. The summed E-state index contributed by atoms with van der Waals surface area (Å²) in [5, 5.41) is 5.25. The molecule has 8 heteroatoms. The molecule has 2 amide bonds. The summed E-state index contributed by atoms with van der Waals surface area (Å²) in [4.78, 5) is 36.8. The molecule has 0 fully saturated rings. The van der Waals surface area contributed by atoms with E-state index in [1.54, 1.807) is 63.2 Å². The molecule has 0 spiro atoms. The zero-order chi connectivity index (χ0) is 21.6. The van der Waals surface area contributed by atoms with Gasteiger partial charge in [0, 0.05) is 15.7 Å². The highest BCUT2D eigenvalue weighted by molar-refractivity contribution is 9.10. The lowest BCUT2D eigenvalue weighted by Gasteiger charge is -2.20. The van der Waals surface area contributed by atoms with Crippen molar-refractivity contribution in [1.29, 1.82) is 0 Å². The Kier molecular flexibility index (Phi) is 7.39. The second-order valence-corrected chi connectivity index (χ2v) is 8.10. The Morgan fingerprint density at radius 1 is 1.03 bits per heavy atom. The molecule has 0 bridgehead atoms. The number of rotatable bonds is 5. The average Bonchev–Trinajstić information content (AvgIpc) is 2.64. The molecular formula is C21H23BrN2O5. The van der Waals surface area contributed by atoms with Crippen LogP contribution in [0.4, 0.5) is 10.5 Å². The van der Waals surface area contributed by atoms with Gasteiger partial charge in [-0.1, -0.05) is 34.1 Å². The normalized spacial score (nSPS) is 11.9. The Labute approximate surface area is 177 Å². The summed E-state index contributed by atoms with van der Waals surface area (Å²) >= 11 is 3.33. The van der Waals surface area contributed by atoms with Crippen LogP contribution >= 0.6 is 15.9 Å². The van der Waals surface area contributed by atoms with Crippen molar-refractivity contribution in [3.05, 3.63) is 64.1 Å². The predicted octanol–water partition coefficient (Wildman–Crippen LogP) is 4.44. The zero-order valence-electron chi connectivity index (χ0n) is 16.6. The lowest BCUT2D eigenvalue weighted by molar-refractivity contribution is -0.143. The number of carbonyl (C=O) groups is 3. The van der Waals surface area contributed by atoms with Gasteiger partial charge in [-0.25, -0.2) is 9.59 Å². The van der Waals surface area contributed by atoms with Gasteiger partial charge >= 0.3 is 12.1 Å². The Morgan fingerprint density at radius 3 is 2.28 bits per heavy atom. The van der Waals surface area contributed by atoms with E-state index in [0.29, 0.717) is 11.3 Å². The maximum atomic E-state index is 12.7. The standard InChI is InChI=1S/C21H23BrN2O5/c1-21(2,3)29-20(27)23-16-7-5-6-14(12-16)18(25)24-17(19(26)28-4)13-8-10-15(22)11-9-13/h5-12,17H,1-4H3,(H,23,27)(H,24,25). The van der Waals surface area contributed by atoms with Gasteiger partial charge in [-0.2, -0.15) is 0 Å². The summed E-state index contributed by atoms with van der Waals surface area (Å²) < 4.78 is 10.9. The van der Waals surface area contributed by atoms with Gasteiger partial charge in [-0.05, 0) is 56.7 Å². The maximum absolute atomic E-state index is 12.7. The molecule has 1 atom stereocenters. The van der Waals surface area contributed by atoms with Gasteiger partial charge < -0.3 is 14.8 Å². The van der Waals surface area contributed by atoms with Crippen LogP contribution < -0.4 is 10.6 Å². The van der Waals surface area contributed by atoms with E-state index >= 15 is 0 Å². The van der Waals surface area contributed by atoms with E-state index in [1.807, 2.05) is 0 Å². The molecule has 7 nitrogen and oxygen atoms in total. The van der Waals surface area contributed by atoms with E-state index in [9.17, 15) is 14.4 Å². The molecule has 0 aromatic heterocycles. The minimum absolute atomic E-state index is 0.268. The first-order valence-corrected chi connectivity index (χ1v) is 9.62. The van der Waals surface area contributed by atoms with Gasteiger partial charge in [0.25, 0.3) is 5.91 Å². The molecule has 2 rings (SSSR count). The van der Waals surface area contributed by atoms with Crippen LogP contribution in [0.15, 0.2) is 53.0 Å². The zero-order valence-corrected chi connectivity index (χ0v) is 18.2. The van der Waals surface area contributed by atoms with E-state index in [0.717, 1.165) is 4.47 Å². The number of methoxy groups -OCH3 is 1. The van der Waals surface area contributed by atoms with Crippen LogP contribution in [-0.2, 0) is 14.3 Å². The highest BCUT2D eigenvalue weighted by Crippen LogP contribution is 2.20. The van der Waals surface area contributed by atoms with Crippen molar-refractivity contribution < 1.29 is 23.9 Å². The molecular weight excluding hydrogens is 440 g/mol. The van der Waals surface area contributed by atoms with E-state index in [1.165, 1.54) is 13.2 Å². The molecule has 0 aliphatic rings. The van der Waals surface area contributed by atoms with Gasteiger partial charge in [0.05, 0.1) is 7.11 Å². The highest BCUT2D eigenvalue weighted by Gasteiger charge is 2.24. The number of amides is 2. The van der Waals surface area contributed by atoms with Crippen LogP contribution in [0.25, 0.3) is 0 Å². The fraction of sp³-hybridized carbons (Fsp3) is 0.286. The van der Waals surface area contributed by atoms with E-state index in [-0.39, 0.29) is 5.56 Å². The number of ether oxygens (including phenoxy) is 2. The lowest BCUT2D eigenvalue weighted by Crippen LogP contribution is -2.34. The minimum Gasteiger partial charge on any atom is -0.467 e. The number of anilines is 1. The Bertz CT molecular complexity index is 891. The summed E-state index contributed by atoms with van der Waals surface area (Å²) in [5.41, 5.74) is 0.600. The van der Waals surface area contributed by atoms with Crippen molar-refractivity contribution in [1.82, 2.24) is 5.32 Å². The molecule has 0 aliphatic heterocycles. The van der Waals surface area contributed by atoms with Crippen molar-refractivity contribution in [3.63, 3.8) is 0 Å². The van der Waals surface area contributed by atoms with Crippen LogP contribution in [0.5, 0.6) is 0 Å². The number of halogens is 1.